The molecule has 1 aromatic carbocycles. The van der Waals surface area contributed by atoms with E-state index in [9.17, 15) is 4.79 Å². The van der Waals surface area contributed by atoms with Gasteiger partial charge in [-0.3, -0.25) is 0 Å². The van der Waals surface area contributed by atoms with E-state index < -0.39 is 0 Å². The van der Waals surface area contributed by atoms with E-state index in [1.165, 1.54) is 0 Å². The zero-order chi connectivity index (χ0) is 9.26. The zero-order valence-corrected chi connectivity index (χ0v) is 8.37. The third-order valence-electron chi connectivity index (χ3n) is 1.95. The molecule has 0 spiro atoms. The van der Waals surface area contributed by atoms with Crippen LogP contribution in [0, 0.1) is 0 Å². The number of alkyl carbamates (subject to hydrolysis) is 1. The molecule has 0 radical (unpaired) electrons. The minimum Gasteiger partial charge on any atom is -0.447 e. The summed E-state index contributed by atoms with van der Waals surface area (Å²) in [6.07, 6.45) is -0.340. The first kappa shape index (κ1) is 8.56. The summed E-state index contributed by atoms with van der Waals surface area (Å²) in [5.41, 5.74) is 1.06. The zero-order valence-electron chi connectivity index (χ0n) is 6.79. The monoisotopic (exact) mass is 241 g/mol. The molecule has 1 saturated heterocycles. The summed E-state index contributed by atoms with van der Waals surface area (Å²) in [4.78, 5) is 10.8. The number of benzene rings is 1. The molecule has 2 rings (SSSR count). The van der Waals surface area contributed by atoms with Crippen LogP contribution in [0.2, 0.25) is 0 Å². The Morgan fingerprint density at radius 2 is 2.08 bits per heavy atom. The van der Waals surface area contributed by atoms with Crippen molar-refractivity contribution in [1.29, 1.82) is 0 Å². The summed E-state index contributed by atoms with van der Waals surface area (Å²) < 4.78 is 5.82. The van der Waals surface area contributed by atoms with E-state index in [1.54, 1.807) is 0 Å². The predicted octanol–water partition coefficient (Wildman–Crippen LogP) is 2.23. The first-order valence-corrected chi connectivity index (χ1v) is 4.74. The fraction of sp³-hybridized carbons (Fsp3) is 0.222. The lowest BCUT2D eigenvalue weighted by molar-refractivity contribution is 0.177. The Morgan fingerprint density at radius 1 is 1.38 bits per heavy atom. The van der Waals surface area contributed by atoms with Gasteiger partial charge in [-0.2, -0.15) is 0 Å². The van der Waals surface area contributed by atoms with Crippen LogP contribution >= 0.6 is 15.9 Å². The van der Waals surface area contributed by atoms with Crippen LogP contribution in [-0.4, -0.2) is 12.7 Å². The van der Waals surface area contributed by atoms with Crippen molar-refractivity contribution in [2.75, 3.05) is 6.61 Å². The second-order valence-electron chi connectivity index (χ2n) is 2.85. The summed E-state index contributed by atoms with van der Waals surface area (Å²) in [5, 5.41) is 2.71. The maximum absolute atomic E-state index is 10.8. The number of ether oxygens (including phenoxy) is 1. The lowest BCUT2D eigenvalue weighted by Crippen LogP contribution is -2.18. The molecule has 3 nitrogen and oxygen atoms in total. The first-order valence-electron chi connectivity index (χ1n) is 3.94. The van der Waals surface area contributed by atoms with Crippen LogP contribution in [-0.2, 0) is 4.74 Å². The number of rotatable bonds is 1. The quantitative estimate of drug-likeness (QED) is 0.819. The van der Waals surface area contributed by atoms with Crippen LogP contribution in [0.1, 0.15) is 11.6 Å². The highest BCUT2D eigenvalue weighted by Gasteiger charge is 2.23. The predicted molar refractivity (Wildman–Crippen MR) is 51.4 cm³/mol. The van der Waals surface area contributed by atoms with Gasteiger partial charge in [-0.25, -0.2) is 4.79 Å². The molecule has 1 aromatic rings. The van der Waals surface area contributed by atoms with Crippen LogP contribution in [0.15, 0.2) is 28.7 Å². The number of hydrogen-bond acceptors (Lipinski definition) is 2. The van der Waals surface area contributed by atoms with Crippen molar-refractivity contribution in [1.82, 2.24) is 5.32 Å². The molecule has 4 heteroatoms. The van der Waals surface area contributed by atoms with Gasteiger partial charge in [0.25, 0.3) is 0 Å². The summed E-state index contributed by atoms with van der Waals surface area (Å²) in [6.45, 7) is 0.417. The number of carbonyl (C=O) groups is 1. The highest BCUT2D eigenvalue weighted by Crippen LogP contribution is 2.20. The number of carbonyl (C=O) groups excluding carboxylic acids is 1. The molecular formula is C9H8BrNO2. The standard InChI is InChI=1S/C9H8BrNO2/c10-7-3-1-6(2-4-7)8-5-13-9(12)11-8/h1-4,8H,5H2,(H,11,12). The molecule has 1 heterocycles. The van der Waals surface area contributed by atoms with Crippen molar-refractivity contribution < 1.29 is 9.53 Å². The van der Waals surface area contributed by atoms with Gasteiger partial charge >= 0.3 is 6.09 Å². The number of nitrogens with one attached hydrogen (secondary N) is 1. The maximum Gasteiger partial charge on any atom is 0.407 e. The van der Waals surface area contributed by atoms with Crippen molar-refractivity contribution in [3.05, 3.63) is 34.3 Å². The SMILES string of the molecule is O=C1NC(c2ccc(Br)cc2)CO1. The molecule has 1 aliphatic rings. The van der Waals surface area contributed by atoms with Crippen LogP contribution in [0.4, 0.5) is 4.79 Å². The average molecular weight is 242 g/mol. The molecule has 0 aliphatic carbocycles. The van der Waals surface area contributed by atoms with E-state index in [1.807, 2.05) is 24.3 Å². The molecule has 0 saturated carbocycles. The Morgan fingerprint density at radius 3 is 2.62 bits per heavy atom. The normalized spacial score (nSPS) is 21.0. The van der Waals surface area contributed by atoms with Gasteiger partial charge in [-0.1, -0.05) is 28.1 Å². The van der Waals surface area contributed by atoms with Crippen molar-refractivity contribution in [2.45, 2.75) is 6.04 Å². The lowest BCUT2D eigenvalue weighted by Gasteiger charge is -2.06. The van der Waals surface area contributed by atoms with E-state index in [4.69, 9.17) is 4.74 Å². The molecule has 1 fully saturated rings. The molecule has 1 atom stereocenters. The molecular weight excluding hydrogens is 234 g/mol. The third-order valence-corrected chi connectivity index (χ3v) is 2.47. The van der Waals surface area contributed by atoms with Gasteiger partial charge in [0.05, 0.1) is 6.04 Å². The fourth-order valence-corrected chi connectivity index (χ4v) is 1.52. The van der Waals surface area contributed by atoms with E-state index in [2.05, 4.69) is 21.2 Å². The van der Waals surface area contributed by atoms with Gasteiger partial charge in [0.2, 0.25) is 0 Å². The van der Waals surface area contributed by atoms with Gasteiger partial charge < -0.3 is 10.1 Å². The Hall–Kier alpha value is -1.03. The Balaban J connectivity index is 2.17. The third kappa shape index (κ3) is 1.83. The second kappa shape index (κ2) is 3.38. The smallest absolute Gasteiger partial charge is 0.407 e. The van der Waals surface area contributed by atoms with Crippen molar-refractivity contribution in [3.8, 4) is 0 Å². The summed E-state index contributed by atoms with van der Waals surface area (Å²) in [6, 6.07) is 7.81. The molecule has 68 valence electrons. The van der Waals surface area contributed by atoms with Gasteiger partial charge in [-0.15, -0.1) is 0 Å². The Bertz CT molecular complexity index is 323. The largest absolute Gasteiger partial charge is 0.447 e. The van der Waals surface area contributed by atoms with E-state index in [-0.39, 0.29) is 12.1 Å². The van der Waals surface area contributed by atoms with Gasteiger partial charge in [-0.05, 0) is 17.7 Å². The molecule has 1 aliphatic heterocycles. The van der Waals surface area contributed by atoms with Gasteiger partial charge in [0.15, 0.2) is 0 Å². The maximum atomic E-state index is 10.8. The van der Waals surface area contributed by atoms with Gasteiger partial charge in [0.1, 0.15) is 6.61 Å². The van der Waals surface area contributed by atoms with E-state index >= 15 is 0 Å². The van der Waals surface area contributed by atoms with E-state index in [0.717, 1.165) is 10.0 Å². The molecule has 0 aromatic heterocycles. The van der Waals surface area contributed by atoms with E-state index in [0.29, 0.717) is 6.61 Å². The minimum absolute atomic E-state index is 0.000556. The minimum atomic E-state index is -0.340. The number of cyclic esters (lactones) is 1. The number of hydrogen-bond donors (Lipinski definition) is 1. The lowest BCUT2D eigenvalue weighted by atomic mass is 10.1. The highest BCUT2D eigenvalue weighted by atomic mass is 79.9. The van der Waals surface area contributed by atoms with Gasteiger partial charge in [0, 0.05) is 4.47 Å². The Labute approximate surface area is 84.2 Å². The average Bonchev–Trinajstić information content (AvgIpc) is 2.53. The fourth-order valence-electron chi connectivity index (χ4n) is 1.26. The summed E-state index contributed by atoms with van der Waals surface area (Å²) in [7, 11) is 0. The van der Waals surface area contributed by atoms with Crippen LogP contribution in [0.3, 0.4) is 0 Å². The van der Waals surface area contributed by atoms with Crippen molar-refractivity contribution in [2.24, 2.45) is 0 Å². The molecule has 13 heavy (non-hydrogen) atoms. The van der Waals surface area contributed by atoms with Crippen LogP contribution < -0.4 is 5.32 Å². The summed E-state index contributed by atoms with van der Waals surface area (Å²) in [5.74, 6) is 0. The number of amides is 1. The van der Waals surface area contributed by atoms with Crippen molar-refractivity contribution in [3.63, 3.8) is 0 Å². The number of halogens is 1. The summed E-state index contributed by atoms with van der Waals surface area (Å²) >= 11 is 3.35. The molecule has 0 bridgehead atoms. The first-order chi connectivity index (χ1) is 6.25. The highest BCUT2D eigenvalue weighted by molar-refractivity contribution is 9.10. The topological polar surface area (TPSA) is 38.3 Å². The molecule has 1 N–H and O–H groups in total. The van der Waals surface area contributed by atoms with Crippen LogP contribution in [0.25, 0.3) is 0 Å². The van der Waals surface area contributed by atoms with Crippen molar-refractivity contribution >= 4 is 22.0 Å². The van der Waals surface area contributed by atoms with Crippen LogP contribution in [0.5, 0.6) is 0 Å². The molecule has 1 unspecified atom stereocenters. The Kier molecular flexibility index (Phi) is 2.22. The second-order valence-corrected chi connectivity index (χ2v) is 3.76. The molecule has 1 amide bonds.